The van der Waals surface area contributed by atoms with Crippen molar-refractivity contribution < 1.29 is 30.1 Å². The Balaban J connectivity index is 0. The molecule has 0 aliphatic rings. The summed E-state index contributed by atoms with van der Waals surface area (Å²) in [6.45, 7) is -1.24. The van der Waals surface area contributed by atoms with Crippen LogP contribution in [-0.4, -0.2) is 40.4 Å². The van der Waals surface area contributed by atoms with Crippen LogP contribution in [0.5, 0.6) is 0 Å². The maximum atomic E-state index is 9.26. The van der Waals surface area contributed by atoms with Gasteiger partial charge in [0.05, 0.1) is 13.2 Å². The summed E-state index contributed by atoms with van der Waals surface area (Å²) in [5, 5.41) is 31.4. The van der Waals surface area contributed by atoms with Gasteiger partial charge in [-0.2, -0.15) is 0 Å². The van der Waals surface area contributed by atoms with E-state index in [-0.39, 0.29) is 13.2 Å². The number of aliphatic hydroxyl groups is 2. The van der Waals surface area contributed by atoms with Crippen LogP contribution >= 0.6 is 0 Å². The molecular formula is C3H8N2O8. The summed E-state index contributed by atoms with van der Waals surface area (Å²) < 4.78 is 0. The van der Waals surface area contributed by atoms with Gasteiger partial charge in [-0.25, -0.2) is 0 Å². The van der Waals surface area contributed by atoms with E-state index in [9.17, 15) is 20.2 Å². The summed E-state index contributed by atoms with van der Waals surface area (Å²) in [7, 11) is 0. The molecule has 0 saturated carbocycles. The van der Waals surface area contributed by atoms with Crippen LogP contribution in [0.2, 0.25) is 0 Å². The van der Waals surface area contributed by atoms with E-state index >= 15 is 0 Å². The second-order valence-electron chi connectivity index (χ2n) is 1.27. The van der Waals surface area contributed by atoms with Crippen molar-refractivity contribution in [2.24, 2.45) is 0 Å². The van der Waals surface area contributed by atoms with Crippen molar-refractivity contribution in [3.8, 4) is 0 Å². The molecule has 10 nitrogen and oxygen atoms in total. The molecule has 0 aromatic carbocycles. The largest absolute Gasteiger partial charge is 0.394 e. The molecule has 0 aliphatic carbocycles. The Morgan fingerprint density at radius 1 is 1.00 bits per heavy atom. The maximum absolute atomic E-state index is 9.26. The van der Waals surface area contributed by atoms with Gasteiger partial charge in [0.15, 0.2) is 0 Å². The lowest BCUT2D eigenvalue weighted by Gasteiger charge is -1.92. The highest BCUT2D eigenvalue weighted by Crippen LogP contribution is 1.77. The summed E-state index contributed by atoms with van der Waals surface area (Å²) in [4.78, 5) is 25.3. The van der Waals surface area contributed by atoms with E-state index in [2.05, 4.69) is 9.68 Å². The zero-order valence-corrected chi connectivity index (χ0v) is 6.36. The Bertz CT molecular complexity index is 132. The molecule has 13 heavy (non-hydrogen) atoms. The van der Waals surface area contributed by atoms with E-state index in [1.807, 2.05) is 0 Å². The molecule has 0 rings (SSSR count). The molecule has 0 saturated heterocycles. The average Bonchev–Trinajstić information content (AvgIpc) is 2.03. The van der Waals surface area contributed by atoms with Gasteiger partial charge in [0.1, 0.15) is 0 Å². The smallest absolute Gasteiger partial charge is 0.296 e. The number of hydrogen-bond acceptors (Lipinski definition) is 8. The second-order valence-corrected chi connectivity index (χ2v) is 1.27. The van der Waals surface area contributed by atoms with Crippen LogP contribution in [0.15, 0.2) is 0 Å². The van der Waals surface area contributed by atoms with E-state index in [4.69, 9.17) is 10.2 Å². The molecule has 0 heterocycles. The van der Waals surface area contributed by atoms with E-state index in [0.717, 1.165) is 0 Å². The normalized spacial score (nSPS) is 7.85. The molecule has 10 heteroatoms. The van der Waals surface area contributed by atoms with E-state index in [1.165, 1.54) is 0 Å². The average molecular weight is 200 g/mol. The lowest BCUT2D eigenvalue weighted by molar-refractivity contribution is -0.832. The Morgan fingerprint density at radius 2 is 1.31 bits per heavy atom. The summed E-state index contributed by atoms with van der Waals surface area (Å²) in [6, 6.07) is 0. The van der Waals surface area contributed by atoms with Crippen LogP contribution in [0.1, 0.15) is 0 Å². The first-order valence-electron chi connectivity index (χ1n) is 2.81. The minimum absolute atomic E-state index is 0.125. The second kappa shape index (κ2) is 10.3. The van der Waals surface area contributed by atoms with E-state index in [0.29, 0.717) is 0 Å². The molecule has 0 aliphatic heterocycles. The third-order valence-electron chi connectivity index (χ3n) is 0.416. The lowest BCUT2D eigenvalue weighted by atomic mass is 10.8. The highest BCUT2D eigenvalue weighted by molar-refractivity contribution is 4.06. The van der Waals surface area contributed by atoms with Gasteiger partial charge in [0, 0.05) is 0 Å². The third-order valence-corrected chi connectivity index (χ3v) is 0.416. The van der Waals surface area contributed by atoms with Crippen molar-refractivity contribution in [1.29, 1.82) is 0 Å². The molecule has 0 bridgehead atoms. The Morgan fingerprint density at radius 3 is 1.46 bits per heavy atom. The molecule has 0 unspecified atom stereocenters. The number of nitrogens with zero attached hydrogens (tertiary/aromatic N) is 2. The minimum atomic E-state index is -1.19. The van der Waals surface area contributed by atoms with Crippen LogP contribution in [0, 0.1) is 20.2 Å². The fourth-order valence-electron chi connectivity index (χ4n) is 0.110. The minimum Gasteiger partial charge on any atom is -0.394 e. The first kappa shape index (κ1) is 13.9. The zero-order chi connectivity index (χ0) is 10.7. The van der Waals surface area contributed by atoms with Crippen LogP contribution < -0.4 is 0 Å². The lowest BCUT2D eigenvalue weighted by Crippen LogP contribution is -2.09. The first-order valence-corrected chi connectivity index (χ1v) is 2.81. The summed E-state index contributed by atoms with van der Waals surface area (Å²) in [6.07, 6.45) is 0. The molecular weight excluding hydrogens is 192 g/mol. The number of aliphatic hydroxyl groups excluding tert-OH is 2. The SMILES string of the molecule is O=[N+]([O-])OCO[N+](=O)[O-].OCCO. The van der Waals surface area contributed by atoms with Gasteiger partial charge in [-0.05, 0) is 0 Å². The number of hydrogen-bond donors (Lipinski definition) is 2. The van der Waals surface area contributed by atoms with E-state index < -0.39 is 17.0 Å². The van der Waals surface area contributed by atoms with Crippen molar-refractivity contribution >= 4 is 0 Å². The van der Waals surface area contributed by atoms with Crippen molar-refractivity contribution in [3.05, 3.63) is 20.2 Å². The van der Waals surface area contributed by atoms with Gasteiger partial charge in [-0.3, -0.25) is 9.68 Å². The van der Waals surface area contributed by atoms with Crippen LogP contribution in [0.3, 0.4) is 0 Å². The standard InChI is InChI=1S/C2H6O2.CH2N2O6/c3-1-2-4;4-2(5)8-1-9-3(6)7/h3-4H,1-2H2;1H2. The molecule has 2 N–H and O–H groups in total. The number of rotatable bonds is 5. The van der Waals surface area contributed by atoms with Crippen LogP contribution in [0.25, 0.3) is 0 Å². The highest BCUT2D eigenvalue weighted by Gasteiger charge is 1.96. The molecule has 0 fully saturated rings. The van der Waals surface area contributed by atoms with Crippen molar-refractivity contribution in [2.45, 2.75) is 0 Å². The summed E-state index contributed by atoms with van der Waals surface area (Å²) in [5.74, 6) is 0. The fraction of sp³-hybridized carbons (Fsp3) is 1.00. The maximum Gasteiger partial charge on any atom is 0.296 e. The van der Waals surface area contributed by atoms with Gasteiger partial charge in [0.2, 0.25) is 6.79 Å². The Labute approximate surface area is 71.5 Å². The van der Waals surface area contributed by atoms with Gasteiger partial charge < -0.3 is 10.2 Å². The van der Waals surface area contributed by atoms with E-state index in [1.54, 1.807) is 0 Å². The van der Waals surface area contributed by atoms with Gasteiger partial charge in [0.25, 0.3) is 10.2 Å². The van der Waals surface area contributed by atoms with Crippen molar-refractivity contribution in [2.75, 3.05) is 20.0 Å². The van der Waals surface area contributed by atoms with Gasteiger partial charge >= 0.3 is 0 Å². The Hall–Kier alpha value is -1.68. The molecule has 0 radical (unpaired) electrons. The molecule has 0 spiro atoms. The van der Waals surface area contributed by atoms with Gasteiger partial charge in [-0.15, -0.1) is 20.2 Å². The fourth-order valence-corrected chi connectivity index (χ4v) is 0.110. The zero-order valence-electron chi connectivity index (χ0n) is 6.36. The molecule has 0 aromatic heterocycles. The molecule has 0 amide bonds. The van der Waals surface area contributed by atoms with Crippen LogP contribution in [-0.2, 0) is 9.68 Å². The highest BCUT2D eigenvalue weighted by atomic mass is 17.0. The summed E-state index contributed by atoms with van der Waals surface area (Å²) in [5.41, 5.74) is 0. The third kappa shape index (κ3) is 25.2. The first-order chi connectivity index (χ1) is 6.04. The molecule has 0 atom stereocenters. The van der Waals surface area contributed by atoms with Gasteiger partial charge in [-0.1, -0.05) is 0 Å². The van der Waals surface area contributed by atoms with Crippen LogP contribution in [0.4, 0.5) is 0 Å². The molecule has 78 valence electrons. The summed E-state index contributed by atoms with van der Waals surface area (Å²) >= 11 is 0. The predicted molar refractivity (Wildman–Crippen MR) is 35.2 cm³/mol. The Kier molecular flexibility index (Phi) is 11.0. The monoisotopic (exact) mass is 200 g/mol. The quantitative estimate of drug-likeness (QED) is 0.304. The predicted octanol–water partition coefficient (Wildman–Crippen LogP) is -1.67. The molecule has 0 aromatic rings. The topological polar surface area (TPSA) is 145 Å². The van der Waals surface area contributed by atoms with Crippen molar-refractivity contribution in [1.82, 2.24) is 0 Å². The van der Waals surface area contributed by atoms with Crippen molar-refractivity contribution in [3.63, 3.8) is 0 Å².